The summed E-state index contributed by atoms with van der Waals surface area (Å²) in [6.45, 7) is 7.02. The number of urea groups is 1. The predicted molar refractivity (Wildman–Crippen MR) is 97.2 cm³/mol. The maximum Gasteiger partial charge on any atom is 0.317 e. The van der Waals surface area contributed by atoms with Gasteiger partial charge in [-0.3, -0.25) is 9.69 Å². The minimum Gasteiger partial charge on any atom is -0.480 e. The Balaban J connectivity index is 1.84. The first-order valence-electron chi connectivity index (χ1n) is 9.54. The molecule has 8 nitrogen and oxygen atoms in total. The fourth-order valence-corrected chi connectivity index (χ4v) is 3.61. The van der Waals surface area contributed by atoms with E-state index < -0.39 is 5.97 Å². The second-order valence-corrected chi connectivity index (χ2v) is 7.77. The number of rotatable bonds is 7. The lowest BCUT2D eigenvalue weighted by molar-refractivity contribution is -0.138. The third-order valence-corrected chi connectivity index (χ3v) is 4.80. The molecule has 2 fully saturated rings. The maximum atomic E-state index is 12.7. The zero-order valence-corrected chi connectivity index (χ0v) is 16.1. The topological polar surface area (TPSA) is 91.3 Å². The number of carboxylic acid groups (broad SMARTS) is 1. The van der Waals surface area contributed by atoms with E-state index in [1.807, 2.05) is 0 Å². The van der Waals surface area contributed by atoms with Crippen LogP contribution in [0.15, 0.2) is 0 Å². The van der Waals surface area contributed by atoms with E-state index in [0.717, 1.165) is 25.9 Å². The van der Waals surface area contributed by atoms with Gasteiger partial charge in [0.05, 0.1) is 31.4 Å². The SMILES string of the molecule is CC(C)CC1OCCCC1NC(=O)N1CCOC(CN(C)CC(=O)O)C1. The molecule has 2 saturated heterocycles. The van der Waals surface area contributed by atoms with Gasteiger partial charge in [0.1, 0.15) is 0 Å². The van der Waals surface area contributed by atoms with Gasteiger partial charge in [-0.1, -0.05) is 13.8 Å². The van der Waals surface area contributed by atoms with Gasteiger partial charge in [0.2, 0.25) is 0 Å². The molecule has 0 spiro atoms. The molecule has 3 unspecified atom stereocenters. The first-order valence-corrected chi connectivity index (χ1v) is 9.54. The van der Waals surface area contributed by atoms with Crippen LogP contribution in [-0.2, 0) is 14.3 Å². The van der Waals surface area contributed by atoms with E-state index in [1.165, 1.54) is 0 Å². The molecule has 2 aliphatic heterocycles. The average Bonchev–Trinajstić information content (AvgIpc) is 2.55. The summed E-state index contributed by atoms with van der Waals surface area (Å²) in [5.74, 6) is -0.346. The summed E-state index contributed by atoms with van der Waals surface area (Å²) in [5, 5.41) is 12.0. The van der Waals surface area contributed by atoms with Crippen LogP contribution in [0.1, 0.15) is 33.1 Å². The lowest BCUT2D eigenvalue weighted by atomic mass is 9.95. The van der Waals surface area contributed by atoms with E-state index in [1.54, 1.807) is 16.8 Å². The van der Waals surface area contributed by atoms with Crippen molar-refractivity contribution >= 4 is 12.0 Å². The van der Waals surface area contributed by atoms with Crippen LogP contribution in [0, 0.1) is 5.92 Å². The molecule has 2 heterocycles. The molecule has 26 heavy (non-hydrogen) atoms. The minimum absolute atomic E-state index is 0.0393. The van der Waals surface area contributed by atoms with Crippen LogP contribution in [0.2, 0.25) is 0 Å². The van der Waals surface area contributed by atoms with Gasteiger partial charge in [-0.2, -0.15) is 0 Å². The van der Waals surface area contributed by atoms with Crippen LogP contribution in [0.5, 0.6) is 0 Å². The molecule has 150 valence electrons. The molecule has 2 rings (SSSR count). The van der Waals surface area contributed by atoms with E-state index in [0.29, 0.717) is 32.2 Å². The molecule has 3 atom stereocenters. The molecule has 8 heteroatoms. The summed E-state index contributed by atoms with van der Waals surface area (Å²) in [6.07, 6.45) is 2.75. The fraction of sp³-hybridized carbons (Fsp3) is 0.889. The molecule has 2 amide bonds. The van der Waals surface area contributed by atoms with Gasteiger partial charge in [-0.05, 0) is 32.2 Å². The van der Waals surface area contributed by atoms with Gasteiger partial charge in [0.25, 0.3) is 0 Å². The molecule has 2 aliphatic rings. The highest BCUT2D eigenvalue weighted by Crippen LogP contribution is 2.21. The average molecular weight is 371 g/mol. The maximum absolute atomic E-state index is 12.7. The van der Waals surface area contributed by atoms with E-state index >= 15 is 0 Å². The normalized spacial score (nSPS) is 27.0. The third kappa shape index (κ3) is 6.74. The zero-order chi connectivity index (χ0) is 19.1. The van der Waals surface area contributed by atoms with E-state index in [9.17, 15) is 9.59 Å². The van der Waals surface area contributed by atoms with Gasteiger partial charge in [0, 0.05) is 26.2 Å². The summed E-state index contributed by atoms with van der Waals surface area (Å²) in [7, 11) is 1.74. The number of morpholine rings is 1. The van der Waals surface area contributed by atoms with Crippen LogP contribution < -0.4 is 5.32 Å². The van der Waals surface area contributed by atoms with E-state index in [2.05, 4.69) is 19.2 Å². The van der Waals surface area contributed by atoms with Crippen molar-refractivity contribution in [2.75, 3.05) is 46.4 Å². The predicted octanol–water partition coefficient (Wildman–Crippen LogP) is 1.01. The number of amides is 2. The highest BCUT2D eigenvalue weighted by molar-refractivity contribution is 5.74. The highest BCUT2D eigenvalue weighted by Gasteiger charge is 2.31. The Bertz CT molecular complexity index is 474. The molecule has 0 aromatic carbocycles. The van der Waals surface area contributed by atoms with Gasteiger partial charge >= 0.3 is 12.0 Å². The molecule has 0 radical (unpaired) electrons. The van der Waals surface area contributed by atoms with Crippen LogP contribution in [0.25, 0.3) is 0 Å². The van der Waals surface area contributed by atoms with Gasteiger partial charge in [0.15, 0.2) is 0 Å². The number of aliphatic carboxylic acids is 1. The standard InChI is InChI=1S/C18H33N3O5/c1-13(2)9-16-15(5-4-7-26-16)19-18(24)21-6-8-25-14(11-21)10-20(3)12-17(22)23/h13-16H,4-12H2,1-3H3,(H,19,24)(H,22,23). The van der Waals surface area contributed by atoms with Crippen LogP contribution >= 0.6 is 0 Å². The highest BCUT2D eigenvalue weighted by atomic mass is 16.5. The van der Waals surface area contributed by atoms with E-state index in [4.69, 9.17) is 14.6 Å². The number of ether oxygens (including phenoxy) is 2. The monoisotopic (exact) mass is 371 g/mol. The Labute approximate surface area is 155 Å². The van der Waals surface area contributed by atoms with Crippen molar-refractivity contribution < 1.29 is 24.2 Å². The summed E-state index contributed by atoms with van der Waals surface area (Å²) < 4.78 is 11.6. The summed E-state index contributed by atoms with van der Waals surface area (Å²) in [6, 6.07) is -0.0296. The minimum atomic E-state index is -0.869. The first-order chi connectivity index (χ1) is 12.3. The molecule has 2 N–H and O–H groups in total. The molecular weight excluding hydrogens is 338 g/mol. The molecule has 0 aromatic rings. The lowest BCUT2D eigenvalue weighted by Gasteiger charge is -2.38. The van der Waals surface area contributed by atoms with Gasteiger partial charge < -0.3 is 24.8 Å². The van der Waals surface area contributed by atoms with Crippen molar-refractivity contribution in [3.8, 4) is 0 Å². The smallest absolute Gasteiger partial charge is 0.317 e. The Hall–Kier alpha value is -1.38. The fourth-order valence-electron chi connectivity index (χ4n) is 3.61. The molecular formula is C18H33N3O5. The zero-order valence-electron chi connectivity index (χ0n) is 16.1. The molecule has 0 bridgehead atoms. The number of nitrogens with one attached hydrogen (secondary N) is 1. The van der Waals surface area contributed by atoms with Crippen molar-refractivity contribution in [3.05, 3.63) is 0 Å². The van der Waals surface area contributed by atoms with Crippen molar-refractivity contribution in [2.24, 2.45) is 5.92 Å². The second-order valence-electron chi connectivity index (χ2n) is 7.77. The van der Waals surface area contributed by atoms with Crippen molar-refractivity contribution in [3.63, 3.8) is 0 Å². The number of carbonyl (C=O) groups is 2. The second kappa shape index (κ2) is 10.1. The number of carboxylic acids is 1. The van der Waals surface area contributed by atoms with E-state index in [-0.39, 0.29) is 30.8 Å². The number of nitrogens with zero attached hydrogens (tertiary/aromatic N) is 2. The van der Waals surface area contributed by atoms with Crippen LogP contribution in [0.3, 0.4) is 0 Å². The third-order valence-electron chi connectivity index (χ3n) is 4.80. The number of hydrogen-bond acceptors (Lipinski definition) is 5. The summed E-state index contributed by atoms with van der Waals surface area (Å²) in [5.41, 5.74) is 0. The van der Waals surface area contributed by atoms with Gasteiger partial charge in [-0.15, -0.1) is 0 Å². The van der Waals surface area contributed by atoms with Crippen LogP contribution in [0.4, 0.5) is 4.79 Å². The van der Waals surface area contributed by atoms with Crippen molar-refractivity contribution in [2.45, 2.75) is 51.4 Å². The Kier molecular flexibility index (Phi) is 8.12. The molecule has 0 saturated carbocycles. The lowest BCUT2D eigenvalue weighted by Crippen LogP contribution is -2.56. The number of carbonyl (C=O) groups excluding carboxylic acids is 1. The quantitative estimate of drug-likeness (QED) is 0.694. The van der Waals surface area contributed by atoms with Crippen molar-refractivity contribution in [1.29, 1.82) is 0 Å². The Morgan fingerprint density at radius 1 is 1.31 bits per heavy atom. The summed E-state index contributed by atoms with van der Waals surface area (Å²) in [4.78, 5) is 27.0. The Morgan fingerprint density at radius 2 is 2.08 bits per heavy atom. The summed E-state index contributed by atoms with van der Waals surface area (Å²) >= 11 is 0. The van der Waals surface area contributed by atoms with Crippen molar-refractivity contribution in [1.82, 2.24) is 15.1 Å². The molecule has 0 aliphatic carbocycles. The largest absolute Gasteiger partial charge is 0.480 e. The Morgan fingerprint density at radius 3 is 2.77 bits per heavy atom. The number of hydrogen-bond donors (Lipinski definition) is 2. The first kappa shape index (κ1) is 20.9. The number of likely N-dealkylation sites (N-methyl/N-ethyl adjacent to an activating group) is 1. The van der Waals surface area contributed by atoms with Crippen LogP contribution in [-0.4, -0.2) is 91.6 Å². The van der Waals surface area contributed by atoms with Gasteiger partial charge in [-0.25, -0.2) is 4.79 Å². The molecule has 0 aromatic heterocycles.